The molecule has 3 nitrogen and oxygen atoms in total. The fraction of sp³-hybridized carbons (Fsp3) is 0.389. The molecule has 120 valence electrons. The number of nitrogens with zero attached hydrogens (tertiary/aromatic N) is 2. The summed E-state index contributed by atoms with van der Waals surface area (Å²) in [5.41, 5.74) is 2.55. The predicted octanol–water partition coefficient (Wildman–Crippen LogP) is 4.12. The Kier molecular flexibility index (Phi) is 4.31. The molecular weight excluding hydrogens is 324 g/mol. The molecule has 3 heterocycles. The van der Waals surface area contributed by atoms with Crippen LogP contribution in [0, 0.1) is 0 Å². The molecule has 2 aromatic rings. The summed E-state index contributed by atoms with van der Waals surface area (Å²) in [4.78, 5) is 18.0. The largest absolute Gasteiger partial charge is 0.372 e. The van der Waals surface area contributed by atoms with Gasteiger partial charge in [-0.2, -0.15) is 0 Å². The van der Waals surface area contributed by atoms with E-state index in [4.69, 9.17) is 0 Å². The second-order valence-corrected chi connectivity index (χ2v) is 8.15. The molecule has 0 saturated carbocycles. The molecule has 1 aromatic carbocycles. The summed E-state index contributed by atoms with van der Waals surface area (Å²) in [6, 6.07) is 13.0. The zero-order valence-corrected chi connectivity index (χ0v) is 14.6. The fourth-order valence-corrected chi connectivity index (χ4v) is 5.19. The van der Waals surface area contributed by atoms with Crippen LogP contribution in [0.25, 0.3) is 0 Å². The van der Waals surface area contributed by atoms with E-state index in [-0.39, 0.29) is 11.3 Å². The lowest BCUT2D eigenvalue weighted by Crippen LogP contribution is -2.27. The average Bonchev–Trinajstić information content (AvgIpc) is 3.32. The summed E-state index contributed by atoms with van der Waals surface area (Å²) < 4.78 is 0. The van der Waals surface area contributed by atoms with Gasteiger partial charge < -0.3 is 9.80 Å². The van der Waals surface area contributed by atoms with Gasteiger partial charge >= 0.3 is 0 Å². The van der Waals surface area contributed by atoms with Crippen molar-refractivity contribution in [2.75, 3.05) is 23.7 Å². The minimum atomic E-state index is 0.150. The highest BCUT2D eigenvalue weighted by Crippen LogP contribution is 2.40. The van der Waals surface area contributed by atoms with Crippen LogP contribution in [0.2, 0.25) is 0 Å². The van der Waals surface area contributed by atoms with E-state index >= 15 is 0 Å². The van der Waals surface area contributed by atoms with Crippen LogP contribution < -0.4 is 4.90 Å². The first-order valence-corrected chi connectivity index (χ1v) is 10.0. The van der Waals surface area contributed by atoms with Crippen LogP contribution in [-0.4, -0.2) is 29.6 Å². The lowest BCUT2D eigenvalue weighted by atomic mass is 10.1. The van der Waals surface area contributed by atoms with E-state index in [0.29, 0.717) is 5.75 Å². The summed E-state index contributed by atoms with van der Waals surface area (Å²) in [5, 5.41) is 2.22. The predicted molar refractivity (Wildman–Crippen MR) is 98.0 cm³/mol. The summed E-state index contributed by atoms with van der Waals surface area (Å²) in [6.07, 6.45) is 2.59. The maximum absolute atomic E-state index is 12.3. The van der Waals surface area contributed by atoms with Gasteiger partial charge in [0.2, 0.25) is 5.91 Å². The third-order valence-corrected chi connectivity index (χ3v) is 6.64. The van der Waals surface area contributed by atoms with E-state index in [2.05, 4.69) is 40.6 Å². The Labute approximate surface area is 145 Å². The van der Waals surface area contributed by atoms with E-state index in [1.165, 1.54) is 42.1 Å². The lowest BCUT2D eigenvalue weighted by Gasteiger charge is -2.24. The van der Waals surface area contributed by atoms with Crippen molar-refractivity contribution in [1.29, 1.82) is 0 Å². The first kappa shape index (κ1) is 15.1. The molecule has 0 aliphatic carbocycles. The van der Waals surface area contributed by atoms with E-state index < -0.39 is 0 Å². The quantitative estimate of drug-likeness (QED) is 0.833. The fourth-order valence-electron chi connectivity index (χ4n) is 3.30. The Hall–Kier alpha value is -1.46. The molecule has 0 N–H and O–H groups in total. The number of anilines is 1. The second kappa shape index (κ2) is 6.57. The average molecular weight is 345 g/mol. The monoisotopic (exact) mass is 344 g/mol. The molecule has 0 radical (unpaired) electrons. The molecule has 2 fully saturated rings. The van der Waals surface area contributed by atoms with E-state index in [9.17, 15) is 4.79 Å². The minimum absolute atomic E-state index is 0.150. The standard InChI is InChI=1S/C18H20N2OS2/c21-17-13-23-18(20(17)12-16-4-3-11-22-16)14-5-7-15(8-6-14)19-9-1-2-10-19/h3-8,11,18H,1-2,9-10,12-13H2. The molecular formula is C18H20N2OS2. The van der Waals surface area contributed by atoms with Gasteiger partial charge in [0.1, 0.15) is 5.37 Å². The van der Waals surface area contributed by atoms with Gasteiger partial charge in [0.15, 0.2) is 0 Å². The Morgan fingerprint density at radius 1 is 1.09 bits per heavy atom. The van der Waals surface area contributed by atoms with Gasteiger partial charge in [-0.1, -0.05) is 18.2 Å². The topological polar surface area (TPSA) is 23.6 Å². The van der Waals surface area contributed by atoms with E-state index in [0.717, 1.165) is 6.54 Å². The highest BCUT2D eigenvalue weighted by atomic mass is 32.2. The Morgan fingerprint density at radius 2 is 1.87 bits per heavy atom. The van der Waals surface area contributed by atoms with Crippen LogP contribution in [0.3, 0.4) is 0 Å². The SMILES string of the molecule is O=C1CSC(c2ccc(N3CCCC3)cc2)N1Cc1cccs1. The number of carbonyl (C=O) groups excluding carboxylic acids is 1. The number of thioether (sulfide) groups is 1. The molecule has 4 rings (SSSR count). The highest BCUT2D eigenvalue weighted by Gasteiger charge is 2.33. The van der Waals surface area contributed by atoms with Gasteiger partial charge in [-0.25, -0.2) is 0 Å². The van der Waals surface area contributed by atoms with Gasteiger partial charge in [-0.15, -0.1) is 23.1 Å². The van der Waals surface area contributed by atoms with Crippen LogP contribution in [-0.2, 0) is 11.3 Å². The van der Waals surface area contributed by atoms with Crippen LogP contribution in [0.15, 0.2) is 41.8 Å². The summed E-state index contributed by atoms with van der Waals surface area (Å²) in [5.74, 6) is 0.834. The number of thiophene rings is 1. The number of benzene rings is 1. The molecule has 1 unspecified atom stereocenters. The third-order valence-electron chi connectivity index (χ3n) is 4.52. The first-order chi connectivity index (χ1) is 11.3. The molecule has 5 heteroatoms. The molecule has 1 aromatic heterocycles. The summed E-state index contributed by atoms with van der Waals surface area (Å²) >= 11 is 3.46. The first-order valence-electron chi connectivity index (χ1n) is 8.09. The molecule has 2 aliphatic rings. The van der Waals surface area contributed by atoms with Crippen molar-refractivity contribution < 1.29 is 4.79 Å². The number of hydrogen-bond donors (Lipinski definition) is 0. The number of rotatable bonds is 4. The number of amides is 1. The van der Waals surface area contributed by atoms with Crippen molar-refractivity contribution in [2.24, 2.45) is 0 Å². The molecule has 0 spiro atoms. The molecule has 1 atom stereocenters. The van der Waals surface area contributed by atoms with E-state index in [1.54, 1.807) is 23.1 Å². The van der Waals surface area contributed by atoms with Crippen molar-refractivity contribution >= 4 is 34.7 Å². The van der Waals surface area contributed by atoms with Crippen molar-refractivity contribution in [3.8, 4) is 0 Å². The highest BCUT2D eigenvalue weighted by molar-refractivity contribution is 8.00. The number of carbonyl (C=O) groups is 1. The molecule has 2 saturated heterocycles. The van der Waals surface area contributed by atoms with Gasteiger partial charge in [0.05, 0.1) is 12.3 Å². The van der Waals surface area contributed by atoms with Gasteiger partial charge in [-0.3, -0.25) is 4.79 Å². The zero-order chi connectivity index (χ0) is 15.6. The second-order valence-electron chi connectivity index (χ2n) is 6.05. The minimum Gasteiger partial charge on any atom is -0.372 e. The Bertz CT molecular complexity index is 663. The maximum Gasteiger partial charge on any atom is 0.234 e. The van der Waals surface area contributed by atoms with Crippen molar-refractivity contribution in [2.45, 2.75) is 24.8 Å². The lowest BCUT2D eigenvalue weighted by molar-refractivity contribution is -0.128. The molecule has 23 heavy (non-hydrogen) atoms. The summed E-state index contributed by atoms with van der Waals surface area (Å²) in [6.45, 7) is 3.06. The summed E-state index contributed by atoms with van der Waals surface area (Å²) in [7, 11) is 0. The van der Waals surface area contributed by atoms with Crippen LogP contribution in [0.1, 0.15) is 28.7 Å². The maximum atomic E-state index is 12.3. The van der Waals surface area contributed by atoms with Crippen molar-refractivity contribution in [3.05, 3.63) is 52.2 Å². The van der Waals surface area contributed by atoms with E-state index in [1.807, 2.05) is 11.0 Å². The van der Waals surface area contributed by atoms with Gasteiger partial charge in [0, 0.05) is 23.7 Å². The Balaban J connectivity index is 1.52. The molecule has 0 bridgehead atoms. The third kappa shape index (κ3) is 3.12. The zero-order valence-electron chi connectivity index (χ0n) is 13.0. The van der Waals surface area contributed by atoms with Crippen molar-refractivity contribution in [1.82, 2.24) is 4.90 Å². The normalized spacial score (nSPS) is 21.4. The van der Waals surface area contributed by atoms with Crippen molar-refractivity contribution in [3.63, 3.8) is 0 Å². The van der Waals surface area contributed by atoms with Gasteiger partial charge in [-0.05, 0) is 42.0 Å². The smallest absolute Gasteiger partial charge is 0.234 e. The molecule has 1 amide bonds. The molecule has 2 aliphatic heterocycles. The van der Waals surface area contributed by atoms with Crippen LogP contribution in [0.4, 0.5) is 5.69 Å². The van der Waals surface area contributed by atoms with Crippen LogP contribution in [0.5, 0.6) is 0 Å². The number of hydrogen-bond acceptors (Lipinski definition) is 4. The van der Waals surface area contributed by atoms with Crippen LogP contribution >= 0.6 is 23.1 Å². The Morgan fingerprint density at radius 3 is 2.57 bits per heavy atom. The van der Waals surface area contributed by atoms with Gasteiger partial charge in [0.25, 0.3) is 0 Å².